The van der Waals surface area contributed by atoms with Gasteiger partial charge in [-0.1, -0.05) is 6.07 Å². The van der Waals surface area contributed by atoms with E-state index in [9.17, 15) is 9.59 Å². The van der Waals surface area contributed by atoms with Gasteiger partial charge in [-0.2, -0.15) is 0 Å². The number of anilines is 1. The summed E-state index contributed by atoms with van der Waals surface area (Å²) >= 11 is 4.92. The van der Waals surface area contributed by atoms with Crippen molar-refractivity contribution >= 4 is 50.8 Å². The number of nitrogens with one attached hydrogen (secondary N) is 1. The number of thiophene rings is 1. The van der Waals surface area contributed by atoms with E-state index in [-0.39, 0.29) is 11.8 Å². The summed E-state index contributed by atoms with van der Waals surface area (Å²) in [5.74, 6) is -0.339. The molecule has 0 spiro atoms. The van der Waals surface area contributed by atoms with E-state index in [0.717, 1.165) is 8.66 Å². The number of hydrogen-bond donors (Lipinski definition) is 1. The van der Waals surface area contributed by atoms with Crippen molar-refractivity contribution < 1.29 is 9.59 Å². The molecule has 0 aliphatic heterocycles. The highest BCUT2D eigenvalue weighted by Gasteiger charge is 2.08. The van der Waals surface area contributed by atoms with Gasteiger partial charge in [-0.25, -0.2) is 0 Å². The molecule has 0 saturated heterocycles. The Hall–Kier alpha value is -1.92. The van der Waals surface area contributed by atoms with Crippen LogP contribution >= 0.6 is 27.3 Å². The average molecular weight is 379 g/mol. The number of carbonyl (C=O) groups excluding carboxylic acids is 2. The van der Waals surface area contributed by atoms with E-state index in [1.807, 2.05) is 12.1 Å². The molecular formula is C16H15BrN2O2S. The van der Waals surface area contributed by atoms with Crippen LogP contribution in [-0.4, -0.2) is 30.8 Å². The Bertz CT molecular complexity index is 722. The number of hydrogen-bond acceptors (Lipinski definition) is 3. The molecule has 0 atom stereocenters. The van der Waals surface area contributed by atoms with Crippen molar-refractivity contribution in [2.75, 3.05) is 19.4 Å². The highest BCUT2D eigenvalue weighted by Crippen LogP contribution is 2.23. The number of nitrogens with zero attached hydrogens (tertiary/aromatic N) is 1. The van der Waals surface area contributed by atoms with Crippen LogP contribution < -0.4 is 5.32 Å². The molecular weight excluding hydrogens is 364 g/mol. The minimum absolute atomic E-state index is 0.102. The van der Waals surface area contributed by atoms with E-state index in [0.29, 0.717) is 11.3 Å². The number of rotatable bonds is 4. The van der Waals surface area contributed by atoms with Gasteiger partial charge in [-0.3, -0.25) is 9.59 Å². The average Bonchev–Trinajstić information content (AvgIpc) is 2.90. The molecule has 0 saturated carbocycles. The lowest BCUT2D eigenvalue weighted by Crippen LogP contribution is -2.21. The summed E-state index contributed by atoms with van der Waals surface area (Å²) in [5.41, 5.74) is 1.13. The van der Waals surface area contributed by atoms with Crippen molar-refractivity contribution in [2.24, 2.45) is 0 Å². The van der Waals surface area contributed by atoms with Crippen LogP contribution in [-0.2, 0) is 4.79 Å². The van der Waals surface area contributed by atoms with Gasteiger partial charge < -0.3 is 10.2 Å². The first kappa shape index (κ1) is 16.5. The number of halogens is 1. The monoisotopic (exact) mass is 378 g/mol. The summed E-state index contributed by atoms with van der Waals surface area (Å²) in [6, 6.07) is 10.7. The third-order valence-electron chi connectivity index (χ3n) is 2.78. The van der Waals surface area contributed by atoms with Gasteiger partial charge in [0.1, 0.15) is 0 Å². The predicted molar refractivity (Wildman–Crippen MR) is 94.1 cm³/mol. The fourth-order valence-electron chi connectivity index (χ4n) is 1.75. The van der Waals surface area contributed by atoms with E-state index in [4.69, 9.17) is 0 Å². The van der Waals surface area contributed by atoms with Gasteiger partial charge in [0.2, 0.25) is 5.91 Å². The molecule has 0 radical (unpaired) electrons. The summed E-state index contributed by atoms with van der Waals surface area (Å²) < 4.78 is 1.02. The molecule has 1 heterocycles. The van der Waals surface area contributed by atoms with Crippen molar-refractivity contribution in [2.45, 2.75) is 0 Å². The van der Waals surface area contributed by atoms with Crippen molar-refractivity contribution in [3.05, 3.63) is 56.7 Å². The quantitative estimate of drug-likeness (QED) is 0.821. The standard InChI is InChI=1S/C16H15BrN2O2S/c1-19(2)16(21)11-4-3-5-12(10-11)18-15(20)9-7-13-6-8-14(17)22-13/h3-10H,1-2H3,(H,18,20)/b9-7+. The van der Waals surface area contributed by atoms with E-state index >= 15 is 0 Å². The first-order chi connectivity index (χ1) is 10.5. The molecule has 0 aliphatic carbocycles. The van der Waals surface area contributed by atoms with Crippen molar-refractivity contribution in [1.29, 1.82) is 0 Å². The van der Waals surface area contributed by atoms with Crippen LogP contribution in [0.3, 0.4) is 0 Å². The maximum atomic E-state index is 11.9. The molecule has 2 amide bonds. The SMILES string of the molecule is CN(C)C(=O)c1cccc(NC(=O)/C=C/c2ccc(Br)s2)c1. The second-order valence-corrected chi connectivity index (χ2v) is 7.24. The first-order valence-electron chi connectivity index (χ1n) is 6.52. The highest BCUT2D eigenvalue weighted by molar-refractivity contribution is 9.11. The second-order valence-electron chi connectivity index (χ2n) is 4.74. The van der Waals surface area contributed by atoms with Gasteiger partial charge in [0.05, 0.1) is 3.79 Å². The molecule has 2 rings (SSSR count). The molecule has 0 bridgehead atoms. The summed E-state index contributed by atoms with van der Waals surface area (Å²) in [6.07, 6.45) is 3.22. The summed E-state index contributed by atoms with van der Waals surface area (Å²) in [4.78, 5) is 26.3. The fraction of sp³-hybridized carbons (Fsp3) is 0.125. The smallest absolute Gasteiger partial charge is 0.253 e. The third-order valence-corrected chi connectivity index (χ3v) is 4.37. The van der Waals surface area contributed by atoms with Crippen LogP contribution in [0.5, 0.6) is 0 Å². The zero-order valence-electron chi connectivity index (χ0n) is 12.2. The van der Waals surface area contributed by atoms with Gasteiger partial charge in [-0.15, -0.1) is 11.3 Å². The Morgan fingerprint density at radius 1 is 1.23 bits per heavy atom. The van der Waals surface area contributed by atoms with Gasteiger partial charge in [-0.05, 0) is 52.3 Å². The summed E-state index contributed by atoms with van der Waals surface area (Å²) in [6.45, 7) is 0. The van der Waals surface area contributed by atoms with Gasteiger partial charge >= 0.3 is 0 Å². The number of carbonyl (C=O) groups is 2. The molecule has 114 valence electrons. The van der Waals surface area contributed by atoms with E-state index in [1.54, 1.807) is 55.8 Å². The van der Waals surface area contributed by atoms with Crippen LogP contribution in [0.25, 0.3) is 6.08 Å². The zero-order valence-corrected chi connectivity index (χ0v) is 14.6. The van der Waals surface area contributed by atoms with Gasteiger partial charge in [0.25, 0.3) is 5.91 Å². The van der Waals surface area contributed by atoms with Crippen LogP contribution in [0.4, 0.5) is 5.69 Å². The molecule has 0 unspecified atom stereocenters. The Morgan fingerprint density at radius 2 is 2.00 bits per heavy atom. The van der Waals surface area contributed by atoms with Crippen LogP contribution in [0.1, 0.15) is 15.2 Å². The Labute approximate surface area is 141 Å². The minimum Gasteiger partial charge on any atom is -0.345 e. The predicted octanol–water partition coefficient (Wildman–Crippen LogP) is 3.86. The molecule has 0 fully saturated rings. The maximum absolute atomic E-state index is 11.9. The minimum atomic E-state index is -0.237. The lowest BCUT2D eigenvalue weighted by Gasteiger charge is -2.11. The Balaban J connectivity index is 2.04. The van der Waals surface area contributed by atoms with Crippen molar-refractivity contribution in [1.82, 2.24) is 4.90 Å². The molecule has 4 nitrogen and oxygen atoms in total. The first-order valence-corrected chi connectivity index (χ1v) is 8.13. The molecule has 22 heavy (non-hydrogen) atoms. The summed E-state index contributed by atoms with van der Waals surface area (Å²) in [7, 11) is 3.38. The molecule has 1 N–H and O–H groups in total. The third kappa shape index (κ3) is 4.54. The van der Waals surface area contributed by atoms with Gasteiger partial charge in [0.15, 0.2) is 0 Å². The highest BCUT2D eigenvalue weighted by atomic mass is 79.9. The van der Waals surface area contributed by atoms with Gasteiger partial charge in [0, 0.05) is 36.3 Å². The van der Waals surface area contributed by atoms with Crippen LogP contribution in [0.15, 0.2) is 46.3 Å². The van der Waals surface area contributed by atoms with E-state index in [2.05, 4.69) is 21.2 Å². The molecule has 2 aromatic rings. The van der Waals surface area contributed by atoms with Crippen LogP contribution in [0, 0.1) is 0 Å². The largest absolute Gasteiger partial charge is 0.345 e. The summed E-state index contributed by atoms with van der Waals surface area (Å²) in [5, 5.41) is 2.75. The Kier molecular flexibility index (Phi) is 5.51. The van der Waals surface area contributed by atoms with Crippen molar-refractivity contribution in [3.63, 3.8) is 0 Å². The second kappa shape index (κ2) is 7.38. The zero-order chi connectivity index (χ0) is 16.1. The lowest BCUT2D eigenvalue weighted by molar-refractivity contribution is -0.111. The Morgan fingerprint density at radius 3 is 2.64 bits per heavy atom. The topological polar surface area (TPSA) is 49.4 Å². The van der Waals surface area contributed by atoms with Crippen molar-refractivity contribution in [3.8, 4) is 0 Å². The molecule has 6 heteroatoms. The van der Waals surface area contributed by atoms with Crippen LogP contribution in [0.2, 0.25) is 0 Å². The lowest BCUT2D eigenvalue weighted by atomic mass is 10.2. The van der Waals surface area contributed by atoms with E-state index < -0.39 is 0 Å². The number of amides is 2. The number of benzene rings is 1. The molecule has 1 aromatic heterocycles. The normalized spacial score (nSPS) is 10.7. The molecule has 0 aliphatic rings. The fourth-order valence-corrected chi connectivity index (χ4v) is 3.07. The van der Waals surface area contributed by atoms with E-state index in [1.165, 1.54) is 11.0 Å². The molecule has 1 aromatic carbocycles. The maximum Gasteiger partial charge on any atom is 0.253 e.